The molecule has 0 spiro atoms. The van der Waals surface area contributed by atoms with Crippen LogP contribution < -0.4 is 10.2 Å². The maximum Gasteiger partial charge on any atom is 0.126 e. The van der Waals surface area contributed by atoms with Gasteiger partial charge in [-0.05, 0) is 67.0 Å². The number of hydrazone groups is 1. The molecular formula is C28H29N3O. The van der Waals surface area contributed by atoms with Crippen molar-refractivity contribution in [1.82, 2.24) is 4.98 Å². The van der Waals surface area contributed by atoms with Crippen LogP contribution in [0.15, 0.2) is 65.8 Å². The SMILES string of the molecule is COc1ccc(C=NNc2cc(C)nc3ccc(C4CCCCC4)cc23)c2ccccc12. The highest BCUT2D eigenvalue weighted by atomic mass is 16.5. The molecule has 4 aromatic rings. The number of hydrogen-bond donors (Lipinski definition) is 1. The molecule has 0 aliphatic heterocycles. The first-order valence-electron chi connectivity index (χ1n) is 11.5. The van der Waals surface area contributed by atoms with Gasteiger partial charge in [-0.2, -0.15) is 5.10 Å². The Labute approximate surface area is 189 Å². The molecule has 3 aromatic carbocycles. The molecule has 1 aliphatic rings. The van der Waals surface area contributed by atoms with Gasteiger partial charge in [0.05, 0.1) is 24.5 Å². The van der Waals surface area contributed by atoms with E-state index < -0.39 is 0 Å². The Morgan fingerprint density at radius 2 is 1.75 bits per heavy atom. The van der Waals surface area contributed by atoms with Gasteiger partial charge < -0.3 is 4.74 Å². The molecule has 1 N–H and O–H groups in total. The Morgan fingerprint density at radius 3 is 2.56 bits per heavy atom. The van der Waals surface area contributed by atoms with Crippen molar-refractivity contribution in [3.05, 3.63) is 77.5 Å². The zero-order chi connectivity index (χ0) is 21.9. The summed E-state index contributed by atoms with van der Waals surface area (Å²) < 4.78 is 5.51. The fraction of sp³-hybridized carbons (Fsp3) is 0.286. The zero-order valence-electron chi connectivity index (χ0n) is 18.8. The fourth-order valence-corrected chi connectivity index (χ4v) is 4.91. The number of aryl methyl sites for hydroxylation is 1. The number of nitrogens with zero attached hydrogens (tertiary/aromatic N) is 2. The Bertz CT molecular complexity index is 1290. The van der Waals surface area contributed by atoms with Gasteiger partial charge in [-0.3, -0.25) is 10.4 Å². The first kappa shape index (κ1) is 20.5. The Morgan fingerprint density at radius 1 is 0.938 bits per heavy atom. The molecule has 1 heterocycles. The summed E-state index contributed by atoms with van der Waals surface area (Å²) in [5, 5.41) is 7.94. The molecule has 0 radical (unpaired) electrons. The normalized spacial score (nSPS) is 14.9. The first-order valence-corrected chi connectivity index (χ1v) is 11.5. The van der Waals surface area contributed by atoms with Crippen LogP contribution in [0.1, 0.15) is 54.8 Å². The third kappa shape index (κ3) is 4.05. The monoisotopic (exact) mass is 423 g/mol. The van der Waals surface area contributed by atoms with Crippen LogP contribution in [0.25, 0.3) is 21.7 Å². The van der Waals surface area contributed by atoms with Gasteiger partial charge in [0, 0.05) is 22.0 Å². The lowest BCUT2D eigenvalue weighted by Crippen LogP contribution is -2.04. The number of ether oxygens (including phenoxy) is 1. The van der Waals surface area contributed by atoms with Crippen LogP contribution in [0.2, 0.25) is 0 Å². The second-order valence-electron chi connectivity index (χ2n) is 8.70. The maximum atomic E-state index is 5.51. The summed E-state index contributed by atoms with van der Waals surface area (Å²) in [4.78, 5) is 4.74. The van der Waals surface area contributed by atoms with Gasteiger partial charge in [0.2, 0.25) is 0 Å². The molecule has 0 amide bonds. The molecule has 1 aromatic heterocycles. The van der Waals surface area contributed by atoms with Gasteiger partial charge in [-0.1, -0.05) is 49.6 Å². The second-order valence-corrected chi connectivity index (χ2v) is 8.70. The van der Waals surface area contributed by atoms with Gasteiger partial charge in [-0.15, -0.1) is 0 Å². The van der Waals surface area contributed by atoms with Crippen molar-refractivity contribution in [3.8, 4) is 5.75 Å². The van der Waals surface area contributed by atoms with E-state index in [9.17, 15) is 0 Å². The summed E-state index contributed by atoms with van der Waals surface area (Å²) in [5.41, 5.74) is 8.77. The Balaban J connectivity index is 1.47. The minimum absolute atomic E-state index is 0.663. The number of aromatic nitrogens is 1. The number of pyridine rings is 1. The summed E-state index contributed by atoms with van der Waals surface area (Å²) in [7, 11) is 1.70. The van der Waals surface area contributed by atoms with Crippen LogP contribution in [0, 0.1) is 6.92 Å². The lowest BCUT2D eigenvalue weighted by atomic mass is 9.83. The topological polar surface area (TPSA) is 46.5 Å². The summed E-state index contributed by atoms with van der Waals surface area (Å²) in [6, 6.07) is 21.1. The molecule has 0 unspecified atom stereocenters. The highest BCUT2D eigenvalue weighted by Crippen LogP contribution is 2.35. The number of rotatable bonds is 5. The number of methoxy groups -OCH3 is 1. The number of nitrogens with one attached hydrogen (secondary N) is 1. The maximum absolute atomic E-state index is 5.51. The highest BCUT2D eigenvalue weighted by molar-refractivity contribution is 6.02. The minimum Gasteiger partial charge on any atom is -0.496 e. The van der Waals surface area contributed by atoms with Crippen LogP contribution in [0.3, 0.4) is 0 Å². The van der Waals surface area contributed by atoms with Crippen molar-refractivity contribution in [2.75, 3.05) is 12.5 Å². The lowest BCUT2D eigenvalue weighted by molar-refractivity contribution is 0.420. The molecule has 1 fully saturated rings. The van der Waals surface area contributed by atoms with Crippen LogP contribution in [0.5, 0.6) is 5.75 Å². The summed E-state index contributed by atoms with van der Waals surface area (Å²) in [6.45, 7) is 2.03. The largest absolute Gasteiger partial charge is 0.496 e. The van der Waals surface area contributed by atoms with E-state index in [-0.39, 0.29) is 0 Å². The summed E-state index contributed by atoms with van der Waals surface area (Å²) in [5.74, 6) is 1.54. The summed E-state index contributed by atoms with van der Waals surface area (Å²) in [6.07, 6.45) is 8.49. The predicted octanol–water partition coefficient (Wildman–Crippen LogP) is 7.20. The van der Waals surface area contributed by atoms with Crippen LogP contribution in [-0.2, 0) is 0 Å². The van der Waals surface area contributed by atoms with Gasteiger partial charge >= 0.3 is 0 Å². The third-order valence-corrected chi connectivity index (χ3v) is 6.56. The van der Waals surface area contributed by atoms with E-state index in [4.69, 9.17) is 9.72 Å². The minimum atomic E-state index is 0.663. The van der Waals surface area contributed by atoms with E-state index in [0.717, 1.165) is 44.4 Å². The van der Waals surface area contributed by atoms with E-state index in [1.54, 1.807) is 7.11 Å². The number of hydrogen-bond acceptors (Lipinski definition) is 4. The van der Waals surface area contributed by atoms with E-state index in [1.165, 1.54) is 37.7 Å². The average Bonchev–Trinajstić information content (AvgIpc) is 2.84. The first-order chi connectivity index (χ1) is 15.7. The second kappa shape index (κ2) is 8.99. The smallest absolute Gasteiger partial charge is 0.126 e. The van der Waals surface area contributed by atoms with Gasteiger partial charge in [0.15, 0.2) is 0 Å². The quantitative estimate of drug-likeness (QED) is 0.273. The number of benzene rings is 3. The van der Waals surface area contributed by atoms with Gasteiger partial charge in [-0.25, -0.2) is 0 Å². The van der Waals surface area contributed by atoms with E-state index in [0.29, 0.717) is 5.92 Å². The Hall–Kier alpha value is -3.40. The highest BCUT2D eigenvalue weighted by Gasteiger charge is 2.16. The third-order valence-electron chi connectivity index (χ3n) is 6.56. The fourth-order valence-electron chi connectivity index (χ4n) is 4.91. The molecule has 4 nitrogen and oxygen atoms in total. The summed E-state index contributed by atoms with van der Waals surface area (Å²) >= 11 is 0. The molecule has 32 heavy (non-hydrogen) atoms. The van der Waals surface area contributed by atoms with Crippen molar-refractivity contribution in [3.63, 3.8) is 0 Å². The predicted molar refractivity (Wildman–Crippen MR) is 134 cm³/mol. The molecule has 1 saturated carbocycles. The van der Waals surface area contributed by atoms with Crippen molar-refractivity contribution >= 4 is 33.6 Å². The molecule has 1 aliphatic carbocycles. The van der Waals surface area contributed by atoms with Crippen LogP contribution in [-0.4, -0.2) is 18.3 Å². The molecule has 5 rings (SSSR count). The molecular weight excluding hydrogens is 394 g/mol. The number of fused-ring (bicyclic) bond motifs is 2. The van der Waals surface area contributed by atoms with Crippen molar-refractivity contribution in [1.29, 1.82) is 0 Å². The van der Waals surface area contributed by atoms with Crippen LogP contribution >= 0.6 is 0 Å². The van der Waals surface area contributed by atoms with Crippen LogP contribution in [0.4, 0.5) is 5.69 Å². The number of anilines is 1. The van der Waals surface area contributed by atoms with E-state index in [1.807, 2.05) is 37.4 Å². The molecule has 0 atom stereocenters. The average molecular weight is 424 g/mol. The molecule has 4 heteroatoms. The van der Waals surface area contributed by atoms with Crippen molar-refractivity contribution in [2.45, 2.75) is 44.9 Å². The van der Waals surface area contributed by atoms with Crippen molar-refractivity contribution < 1.29 is 4.74 Å². The van der Waals surface area contributed by atoms with Gasteiger partial charge in [0.1, 0.15) is 5.75 Å². The van der Waals surface area contributed by atoms with Crippen molar-refractivity contribution in [2.24, 2.45) is 5.10 Å². The Kier molecular flexibility index (Phi) is 5.76. The molecule has 0 saturated heterocycles. The molecule has 0 bridgehead atoms. The standard InChI is InChI=1S/C28H29N3O/c1-19-16-27(25-17-21(12-14-26(25)30-19)20-8-4-3-5-9-20)31-29-18-22-13-15-28(32-2)24-11-7-6-10-23(22)24/h6-7,10-18,20H,3-5,8-9H2,1-2H3,(H,30,31). The van der Waals surface area contributed by atoms with E-state index >= 15 is 0 Å². The molecule has 162 valence electrons. The van der Waals surface area contributed by atoms with E-state index in [2.05, 4.69) is 46.9 Å². The zero-order valence-corrected chi connectivity index (χ0v) is 18.8. The van der Waals surface area contributed by atoms with Gasteiger partial charge in [0.25, 0.3) is 0 Å². The lowest BCUT2D eigenvalue weighted by Gasteiger charge is -2.22.